The van der Waals surface area contributed by atoms with Crippen molar-refractivity contribution >= 4 is 42.7 Å². The molecule has 0 unspecified atom stereocenters. The van der Waals surface area contributed by atoms with E-state index in [1.54, 1.807) is 7.11 Å². The van der Waals surface area contributed by atoms with Gasteiger partial charge in [-0.3, -0.25) is 4.90 Å². The zero-order valence-corrected chi connectivity index (χ0v) is 26.1. The topological polar surface area (TPSA) is 99.0 Å². The number of benzene rings is 1. The molecule has 0 radical (unpaired) electrons. The molecule has 2 heterocycles. The summed E-state index contributed by atoms with van der Waals surface area (Å²) in [7, 11) is 1.73. The number of hydrogen-bond acceptors (Lipinski definition) is 10. The van der Waals surface area contributed by atoms with E-state index in [4.69, 9.17) is 30.0 Å². The Morgan fingerprint density at radius 3 is 2.41 bits per heavy atom. The molecule has 0 aliphatic carbocycles. The van der Waals surface area contributed by atoms with Crippen molar-refractivity contribution in [1.29, 1.82) is 0 Å². The quantitative estimate of drug-likeness (QED) is 0.150. The van der Waals surface area contributed by atoms with Crippen LogP contribution < -0.4 is 19.6 Å². The number of hydrogen-bond donors (Lipinski definition) is 0. The largest absolute Gasteiger partial charge is 5.00 e. The number of piperazine rings is 1. The Morgan fingerprint density at radius 1 is 1.00 bits per heavy atom. The Bertz CT molecular complexity index is 939. The standard InChI is InChI=1S/C27H42N6O2S2.O.Tc/c1-35-25-8-3-2-7-24(25)32-17-14-30(15-18-32)16-19-33(26-9-4-5-10-28-26)13-6-12-31(20-22-37)23-27(34)29-11-21-36;;/h2-5,7-10,36-37H,6,11-23H2,1H3,(H,29,34);;/q;-2;+5/p-3/i;;1+1. The third-order valence-electron chi connectivity index (χ3n) is 6.51. The zero-order valence-electron chi connectivity index (χ0n) is 22.6. The van der Waals surface area contributed by atoms with E-state index < -0.39 is 0 Å². The van der Waals surface area contributed by atoms with Crippen LogP contribution in [-0.4, -0.2) is 111 Å². The molecule has 9 nitrogen and oxygen atoms in total. The van der Waals surface area contributed by atoms with Crippen molar-refractivity contribution in [2.75, 3.05) is 100 Å². The van der Waals surface area contributed by atoms with Gasteiger partial charge in [0, 0.05) is 71.6 Å². The van der Waals surface area contributed by atoms with Gasteiger partial charge in [-0.25, -0.2) is 4.98 Å². The fourth-order valence-electron chi connectivity index (χ4n) is 4.54. The number of methoxy groups -OCH3 is 1. The summed E-state index contributed by atoms with van der Waals surface area (Å²) in [5.41, 5.74) is 1.17. The summed E-state index contributed by atoms with van der Waals surface area (Å²) in [4.78, 5) is 18.0. The Kier molecular flexibility index (Phi) is 18.5. The summed E-state index contributed by atoms with van der Waals surface area (Å²) in [6, 6.07) is 14.3. The van der Waals surface area contributed by atoms with Crippen LogP contribution in [0.2, 0.25) is 0 Å². The molecule has 2 aromatic rings. The first-order chi connectivity index (χ1) is 18.1. The molecule has 12 heteroatoms. The predicted molar refractivity (Wildman–Crippen MR) is 157 cm³/mol. The van der Waals surface area contributed by atoms with E-state index >= 15 is 0 Å². The molecule has 0 N–H and O–H groups in total. The van der Waals surface area contributed by atoms with Gasteiger partial charge in [0.2, 0.25) is 0 Å². The van der Waals surface area contributed by atoms with Crippen LogP contribution in [0.3, 0.4) is 0 Å². The van der Waals surface area contributed by atoms with Crippen LogP contribution in [0, 0.1) is 0 Å². The average Bonchev–Trinajstić information content (AvgIpc) is 2.94. The second kappa shape index (κ2) is 20.4. The van der Waals surface area contributed by atoms with Gasteiger partial charge in [-0.1, -0.05) is 18.2 Å². The molecule has 214 valence electrons. The fraction of sp³-hybridized carbons (Fsp3) is 0.556. The molecule has 3 rings (SSSR count). The molecule has 1 aliphatic heterocycles. The number of aromatic nitrogens is 1. The second-order valence-electron chi connectivity index (χ2n) is 8.99. The molecule has 1 aromatic carbocycles. The Hall–Kier alpha value is -1.53. The molecule has 0 bridgehead atoms. The number of anilines is 2. The fourth-order valence-corrected chi connectivity index (χ4v) is 4.89. The minimum Gasteiger partial charge on any atom is -2.00 e. The van der Waals surface area contributed by atoms with Gasteiger partial charge in [-0.2, -0.15) is 11.5 Å². The maximum Gasteiger partial charge on any atom is 5.00 e. The molecule has 0 spiro atoms. The van der Waals surface area contributed by atoms with Crippen molar-refractivity contribution in [2.24, 2.45) is 4.99 Å². The van der Waals surface area contributed by atoms with E-state index in [0.717, 1.165) is 70.3 Å². The Labute approximate surface area is 258 Å². The van der Waals surface area contributed by atoms with Crippen molar-refractivity contribution in [2.45, 2.75) is 6.42 Å². The van der Waals surface area contributed by atoms with Crippen molar-refractivity contribution in [3.63, 3.8) is 0 Å². The van der Waals surface area contributed by atoms with E-state index in [9.17, 15) is 5.11 Å². The molecular formula is C27H39N6O3S2Tc. The number of rotatable bonds is 16. The summed E-state index contributed by atoms with van der Waals surface area (Å²) in [5, 5.41) is 12.1. The first-order valence-electron chi connectivity index (χ1n) is 13.0. The van der Waals surface area contributed by atoms with Crippen LogP contribution in [0.1, 0.15) is 6.42 Å². The van der Waals surface area contributed by atoms with E-state index in [0.29, 0.717) is 31.1 Å². The molecule has 1 aliphatic rings. The number of para-hydroxylation sites is 2. The van der Waals surface area contributed by atoms with E-state index in [1.165, 1.54) is 5.69 Å². The maximum absolute atomic E-state index is 12.1. The third kappa shape index (κ3) is 12.3. The molecular weight excluding hydrogens is 619 g/mol. The van der Waals surface area contributed by atoms with Gasteiger partial charge in [0.15, 0.2) is 0 Å². The monoisotopic (exact) mass is 658 g/mol. The van der Waals surface area contributed by atoms with Crippen LogP contribution in [0.25, 0.3) is 0 Å². The van der Waals surface area contributed by atoms with Crippen LogP contribution in [0.5, 0.6) is 5.75 Å². The summed E-state index contributed by atoms with van der Waals surface area (Å²) < 4.78 is 5.56. The minimum atomic E-state index is -0.109. The van der Waals surface area contributed by atoms with Crippen LogP contribution >= 0.6 is 0 Å². The van der Waals surface area contributed by atoms with Crippen molar-refractivity contribution in [3.8, 4) is 5.75 Å². The van der Waals surface area contributed by atoms with Crippen molar-refractivity contribution in [3.05, 3.63) is 48.7 Å². The van der Waals surface area contributed by atoms with Gasteiger partial charge in [-0.15, -0.1) is 0 Å². The first kappa shape index (κ1) is 35.5. The van der Waals surface area contributed by atoms with Gasteiger partial charge < -0.3 is 60.3 Å². The SMILES string of the molecule is COc1ccccc1N1CCN(CCN(CCCN(CC[S-])CC([O-])=NCC[S-])c2ccccn2)CC1.[99Tc+5].[O-2]. The average molecular weight is 659 g/mol. The third-order valence-corrected chi connectivity index (χ3v) is 6.87. The summed E-state index contributed by atoms with van der Waals surface area (Å²) in [6.45, 7) is 8.95. The summed E-state index contributed by atoms with van der Waals surface area (Å²) in [6.07, 6.45) is 2.76. The van der Waals surface area contributed by atoms with Gasteiger partial charge in [0.25, 0.3) is 0 Å². The number of aliphatic imine (C=N–C) groups is 1. The van der Waals surface area contributed by atoms with E-state index in [1.807, 2.05) is 30.5 Å². The molecule has 0 amide bonds. The summed E-state index contributed by atoms with van der Waals surface area (Å²) >= 11 is 10.1. The molecule has 1 saturated heterocycles. The molecule has 0 atom stereocenters. The van der Waals surface area contributed by atoms with E-state index in [-0.39, 0.29) is 31.5 Å². The normalized spacial score (nSPS) is 14.1. The molecule has 1 fully saturated rings. The van der Waals surface area contributed by atoms with Gasteiger partial charge >= 0.3 is 20.1 Å². The smallest absolute Gasteiger partial charge is 2.00 e. The number of pyridine rings is 1. The molecule has 1 aromatic heterocycles. The predicted octanol–water partition coefficient (Wildman–Crippen LogP) is 1.14. The van der Waals surface area contributed by atoms with Crippen LogP contribution in [0.4, 0.5) is 11.5 Å². The molecule has 0 saturated carbocycles. The Balaban J connectivity index is 0.00000380. The summed E-state index contributed by atoms with van der Waals surface area (Å²) in [5.74, 6) is 2.88. The van der Waals surface area contributed by atoms with E-state index in [2.05, 4.69) is 47.8 Å². The van der Waals surface area contributed by atoms with Crippen molar-refractivity contribution in [1.82, 2.24) is 14.8 Å². The van der Waals surface area contributed by atoms with Gasteiger partial charge in [-0.05, 0) is 43.1 Å². The Morgan fingerprint density at radius 2 is 1.74 bits per heavy atom. The van der Waals surface area contributed by atoms with Gasteiger partial charge in [0.05, 0.1) is 12.8 Å². The van der Waals surface area contributed by atoms with Gasteiger partial charge in [0.1, 0.15) is 11.6 Å². The second-order valence-corrected chi connectivity index (χ2v) is 9.81. The number of ether oxygens (including phenoxy) is 1. The van der Waals surface area contributed by atoms with Crippen LogP contribution in [0.15, 0.2) is 53.7 Å². The number of nitrogens with zero attached hydrogens (tertiary/aromatic N) is 6. The maximum atomic E-state index is 12.1. The minimum absolute atomic E-state index is 0. The first-order valence-corrected chi connectivity index (χ1v) is 14.1. The zero-order chi connectivity index (χ0) is 26.3. The van der Waals surface area contributed by atoms with Crippen molar-refractivity contribution < 1.29 is 35.4 Å². The van der Waals surface area contributed by atoms with Crippen LogP contribution in [-0.2, 0) is 50.8 Å². The molecule has 39 heavy (non-hydrogen) atoms.